The maximum Gasteiger partial charge on any atom is 0.228 e. The van der Waals surface area contributed by atoms with Gasteiger partial charge in [0.25, 0.3) is 0 Å². The van der Waals surface area contributed by atoms with Crippen LogP contribution in [0.4, 0.5) is 0 Å². The average Bonchev–Trinajstić information content (AvgIpc) is 2.35. The van der Waals surface area contributed by atoms with Gasteiger partial charge in [0.2, 0.25) is 5.91 Å². The van der Waals surface area contributed by atoms with E-state index in [-0.39, 0.29) is 16.7 Å². The van der Waals surface area contributed by atoms with Crippen LogP contribution in [0.15, 0.2) is 0 Å². The number of rotatable bonds is 9. The van der Waals surface area contributed by atoms with E-state index in [2.05, 4.69) is 60.7 Å². The van der Waals surface area contributed by atoms with Gasteiger partial charge in [-0.1, -0.05) is 61.8 Å². The highest BCUT2D eigenvalue weighted by atomic mass is 16.5. The summed E-state index contributed by atoms with van der Waals surface area (Å²) in [6, 6.07) is 0. The Hall–Kier alpha value is -0.570. The van der Waals surface area contributed by atoms with Gasteiger partial charge < -0.3 is 10.1 Å². The van der Waals surface area contributed by atoms with Gasteiger partial charge in [-0.3, -0.25) is 4.79 Å². The third-order valence-corrected chi connectivity index (χ3v) is 4.74. The fourth-order valence-electron chi connectivity index (χ4n) is 2.71. The van der Waals surface area contributed by atoms with Crippen molar-refractivity contribution in [1.82, 2.24) is 5.32 Å². The van der Waals surface area contributed by atoms with Gasteiger partial charge in [0.15, 0.2) is 0 Å². The topological polar surface area (TPSA) is 38.3 Å². The summed E-state index contributed by atoms with van der Waals surface area (Å²) in [6.45, 7) is 18.4. The van der Waals surface area contributed by atoms with Crippen LogP contribution in [0, 0.1) is 16.2 Å². The van der Waals surface area contributed by atoms with Crippen LogP contribution in [-0.4, -0.2) is 19.2 Å². The van der Waals surface area contributed by atoms with Gasteiger partial charge in [0, 0.05) is 6.61 Å². The van der Waals surface area contributed by atoms with Crippen LogP contribution in [0.3, 0.4) is 0 Å². The van der Waals surface area contributed by atoms with Gasteiger partial charge in [0.1, 0.15) is 6.73 Å². The van der Waals surface area contributed by atoms with E-state index in [0.717, 1.165) is 25.7 Å². The van der Waals surface area contributed by atoms with E-state index >= 15 is 0 Å². The van der Waals surface area contributed by atoms with E-state index in [1.165, 1.54) is 0 Å². The zero-order chi connectivity index (χ0) is 16.7. The first-order valence-electron chi connectivity index (χ1n) is 8.36. The molecule has 0 radical (unpaired) electrons. The predicted molar refractivity (Wildman–Crippen MR) is 90.1 cm³/mol. The van der Waals surface area contributed by atoms with Crippen LogP contribution in [0.5, 0.6) is 0 Å². The van der Waals surface area contributed by atoms with Crippen molar-refractivity contribution in [2.45, 2.75) is 81.1 Å². The van der Waals surface area contributed by atoms with Crippen molar-refractivity contribution in [2.24, 2.45) is 16.2 Å². The first-order chi connectivity index (χ1) is 9.50. The molecule has 0 aliphatic heterocycles. The van der Waals surface area contributed by atoms with Crippen LogP contribution in [0.25, 0.3) is 0 Å². The van der Waals surface area contributed by atoms with Gasteiger partial charge >= 0.3 is 0 Å². The first-order valence-corrected chi connectivity index (χ1v) is 8.36. The maximum atomic E-state index is 12.8. The normalized spacial score (nSPS) is 15.6. The number of nitrogens with one attached hydrogen (secondary N) is 1. The third-order valence-electron chi connectivity index (χ3n) is 4.74. The Morgan fingerprint density at radius 1 is 1.05 bits per heavy atom. The van der Waals surface area contributed by atoms with Crippen molar-refractivity contribution in [3.8, 4) is 0 Å². The summed E-state index contributed by atoms with van der Waals surface area (Å²) in [5.74, 6) is 0.112. The van der Waals surface area contributed by atoms with Gasteiger partial charge in [-0.05, 0) is 30.1 Å². The van der Waals surface area contributed by atoms with Crippen molar-refractivity contribution >= 4 is 5.91 Å². The lowest BCUT2D eigenvalue weighted by Crippen LogP contribution is -2.50. The highest BCUT2D eigenvalue weighted by Gasteiger charge is 2.47. The molecule has 0 aliphatic rings. The van der Waals surface area contributed by atoms with Gasteiger partial charge in [-0.15, -0.1) is 0 Å². The fraction of sp³-hybridized carbons (Fsp3) is 0.944. The zero-order valence-electron chi connectivity index (χ0n) is 15.6. The molecule has 0 rings (SSSR count). The minimum atomic E-state index is -0.395. The summed E-state index contributed by atoms with van der Waals surface area (Å²) in [7, 11) is 0. The summed E-state index contributed by atoms with van der Waals surface area (Å²) in [4.78, 5) is 12.8. The number of hydrogen-bond acceptors (Lipinski definition) is 2. The number of unbranched alkanes of at least 4 members (excludes halogenated alkanes) is 1. The molecule has 0 saturated carbocycles. The van der Waals surface area contributed by atoms with Crippen molar-refractivity contribution < 1.29 is 9.53 Å². The Labute approximate surface area is 132 Å². The molecule has 1 N–H and O–H groups in total. The quantitative estimate of drug-likeness (QED) is 0.492. The van der Waals surface area contributed by atoms with Crippen molar-refractivity contribution in [3.63, 3.8) is 0 Å². The Bertz CT molecular complexity index is 318. The molecule has 0 bridgehead atoms. The minimum absolute atomic E-state index is 0.0478. The third kappa shape index (κ3) is 6.37. The molecule has 0 aliphatic carbocycles. The average molecular weight is 299 g/mol. The molecule has 3 nitrogen and oxygen atoms in total. The second-order valence-corrected chi connectivity index (χ2v) is 8.22. The maximum absolute atomic E-state index is 12.8. The highest BCUT2D eigenvalue weighted by molar-refractivity contribution is 5.83. The van der Waals surface area contributed by atoms with Crippen LogP contribution in [0.2, 0.25) is 0 Å². The van der Waals surface area contributed by atoms with E-state index in [1.807, 2.05) is 0 Å². The second-order valence-electron chi connectivity index (χ2n) is 8.22. The Morgan fingerprint density at radius 3 is 2.05 bits per heavy atom. The molecule has 0 aromatic rings. The van der Waals surface area contributed by atoms with Gasteiger partial charge in [-0.2, -0.15) is 0 Å². The van der Waals surface area contributed by atoms with E-state index in [0.29, 0.717) is 13.3 Å². The number of carbonyl (C=O) groups is 1. The molecule has 1 amide bonds. The Balaban J connectivity index is 4.85. The first kappa shape index (κ1) is 20.4. The molecule has 0 aromatic carbocycles. The minimum Gasteiger partial charge on any atom is -0.361 e. The van der Waals surface area contributed by atoms with Crippen molar-refractivity contribution in [2.75, 3.05) is 13.3 Å². The molecule has 0 aromatic heterocycles. The fourth-order valence-corrected chi connectivity index (χ4v) is 2.71. The molecule has 1 unspecified atom stereocenters. The molecular weight excluding hydrogens is 262 g/mol. The largest absolute Gasteiger partial charge is 0.361 e. The summed E-state index contributed by atoms with van der Waals surface area (Å²) < 4.78 is 5.48. The van der Waals surface area contributed by atoms with E-state index in [4.69, 9.17) is 4.74 Å². The predicted octanol–water partition coefficient (Wildman–Crippen LogP) is 4.76. The standard InChI is InChI=1S/C18H37NO2/c1-9-11-12-21-14-19-15(20)18(8,13-16(3,4)5)17(6,7)10-2/h9-14H2,1-8H3,(H,19,20). The summed E-state index contributed by atoms with van der Waals surface area (Å²) in [6.07, 6.45) is 3.99. The van der Waals surface area contributed by atoms with Gasteiger partial charge in [0.05, 0.1) is 5.41 Å². The molecule has 0 heterocycles. The molecule has 126 valence electrons. The molecule has 21 heavy (non-hydrogen) atoms. The van der Waals surface area contributed by atoms with Crippen LogP contribution < -0.4 is 5.32 Å². The molecule has 3 heteroatoms. The molecular formula is C18H37NO2. The highest BCUT2D eigenvalue weighted by Crippen LogP contribution is 2.48. The van der Waals surface area contributed by atoms with Crippen molar-refractivity contribution in [3.05, 3.63) is 0 Å². The lowest BCUT2D eigenvalue weighted by Gasteiger charge is -2.46. The Kier molecular flexibility index (Phi) is 7.94. The number of carbonyl (C=O) groups excluding carboxylic acids is 1. The van der Waals surface area contributed by atoms with Crippen molar-refractivity contribution in [1.29, 1.82) is 0 Å². The monoisotopic (exact) mass is 299 g/mol. The van der Waals surface area contributed by atoms with Gasteiger partial charge in [-0.25, -0.2) is 0 Å². The molecule has 0 saturated heterocycles. The molecule has 0 spiro atoms. The Morgan fingerprint density at radius 2 is 1.62 bits per heavy atom. The number of amides is 1. The van der Waals surface area contributed by atoms with E-state index in [1.54, 1.807) is 0 Å². The SMILES string of the molecule is CCCCOCNC(=O)C(C)(CC(C)(C)C)C(C)(C)CC. The molecule has 1 atom stereocenters. The number of hydrogen-bond donors (Lipinski definition) is 1. The van der Waals surface area contributed by atoms with E-state index in [9.17, 15) is 4.79 Å². The number of ether oxygens (including phenoxy) is 1. The summed E-state index contributed by atoms with van der Waals surface area (Å²) >= 11 is 0. The zero-order valence-corrected chi connectivity index (χ0v) is 15.6. The van der Waals surface area contributed by atoms with Crippen LogP contribution in [-0.2, 0) is 9.53 Å². The van der Waals surface area contributed by atoms with E-state index < -0.39 is 5.41 Å². The lowest BCUT2D eigenvalue weighted by atomic mass is 9.59. The smallest absolute Gasteiger partial charge is 0.228 e. The van der Waals surface area contributed by atoms with Crippen LogP contribution in [0.1, 0.15) is 81.1 Å². The summed E-state index contributed by atoms with van der Waals surface area (Å²) in [5, 5.41) is 2.98. The molecule has 0 fully saturated rings. The second kappa shape index (κ2) is 8.17. The van der Waals surface area contributed by atoms with Crippen LogP contribution >= 0.6 is 0 Å². The summed E-state index contributed by atoms with van der Waals surface area (Å²) in [5.41, 5.74) is -0.330. The lowest BCUT2D eigenvalue weighted by molar-refractivity contribution is -0.142.